The van der Waals surface area contributed by atoms with Gasteiger partial charge in [0.25, 0.3) is 0 Å². The predicted octanol–water partition coefficient (Wildman–Crippen LogP) is 0.958. The van der Waals surface area contributed by atoms with Crippen LogP contribution in [0.2, 0.25) is 0 Å². The van der Waals surface area contributed by atoms with Gasteiger partial charge >= 0.3 is 0 Å². The fourth-order valence-corrected chi connectivity index (χ4v) is 0.680. The molecule has 0 aliphatic carbocycles. The molecule has 0 saturated carbocycles. The van der Waals surface area contributed by atoms with E-state index in [0.717, 1.165) is 6.42 Å². The first-order chi connectivity index (χ1) is 5.33. The average molecular weight is 155 g/mol. The van der Waals surface area contributed by atoms with E-state index in [-0.39, 0.29) is 0 Å². The molecule has 1 N–H and O–H groups in total. The Labute approximate surface area is 66.0 Å². The molecule has 4 nitrogen and oxygen atoms in total. The van der Waals surface area contributed by atoms with Crippen LogP contribution < -0.4 is 5.32 Å². The molecule has 0 spiro atoms. The second-order valence-corrected chi connectivity index (χ2v) is 2.53. The largest absolute Gasteiger partial charge is 0.338 e. The lowest BCUT2D eigenvalue weighted by Crippen LogP contribution is -2.24. The van der Waals surface area contributed by atoms with Crippen molar-refractivity contribution in [3.05, 3.63) is 12.2 Å². The van der Waals surface area contributed by atoms with E-state index < -0.39 is 0 Å². The summed E-state index contributed by atoms with van der Waals surface area (Å²) in [6.45, 7) is 4.91. The molecule has 4 heteroatoms. The summed E-state index contributed by atoms with van der Waals surface area (Å²) in [5.74, 6) is 0.644. The lowest BCUT2D eigenvalue weighted by Gasteiger charge is -2.07. The van der Waals surface area contributed by atoms with Crippen molar-refractivity contribution >= 4 is 0 Å². The van der Waals surface area contributed by atoms with E-state index in [1.54, 1.807) is 0 Å². The minimum Gasteiger partial charge on any atom is -0.338 e. The molecule has 62 valence electrons. The van der Waals surface area contributed by atoms with Crippen LogP contribution in [0.3, 0.4) is 0 Å². The number of rotatable bonds is 4. The van der Waals surface area contributed by atoms with E-state index in [4.69, 9.17) is 4.52 Å². The van der Waals surface area contributed by atoms with Gasteiger partial charge in [0.05, 0.1) is 6.54 Å². The normalized spacial score (nSPS) is 13.3. The van der Waals surface area contributed by atoms with Crippen molar-refractivity contribution < 1.29 is 4.52 Å². The van der Waals surface area contributed by atoms with Crippen LogP contribution in [-0.4, -0.2) is 16.2 Å². The summed E-state index contributed by atoms with van der Waals surface area (Å²) in [7, 11) is 0. The summed E-state index contributed by atoms with van der Waals surface area (Å²) in [4.78, 5) is 3.88. The molecule has 1 heterocycles. The van der Waals surface area contributed by atoms with Crippen LogP contribution in [0.4, 0.5) is 0 Å². The van der Waals surface area contributed by atoms with Gasteiger partial charge in [-0.05, 0) is 13.3 Å². The van der Waals surface area contributed by atoms with Crippen molar-refractivity contribution in [3.63, 3.8) is 0 Å². The van der Waals surface area contributed by atoms with Crippen molar-refractivity contribution in [1.82, 2.24) is 15.5 Å². The molecule has 1 unspecified atom stereocenters. The van der Waals surface area contributed by atoms with E-state index >= 15 is 0 Å². The zero-order chi connectivity index (χ0) is 8.10. The maximum absolute atomic E-state index is 4.80. The van der Waals surface area contributed by atoms with Gasteiger partial charge in [0.1, 0.15) is 0 Å². The smallest absolute Gasteiger partial charge is 0.240 e. The Kier molecular flexibility index (Phi) is 3.04. The fourth-order valence-electron chi connectivity index (χ4n) is 0.680. The molecule has 0 aliphatic rings. The number of nitrogens with one attached hydrogen (secondary N) is 1. The van der Waals surface area contributed by atoms with Crippen LogP contribution in [0.5, 0.6) is 0 Å². The number of hydrogen-bond donors (Lipinski definition) is 1. The molecule has 11 heavy (non-hydrogen) atoms. The molecule has 0 aromatic carbocycles. The molecule has 1 aromatic rings. The fraction of sp³-hybridized carbons (Fsp3) is 0.714. The van der Waals surface area contributed by atoms with Crippen molar-refractivity contribution in [2.75, 3.05) is 0 Å². The van der Waals surface area contributed by atoms with Gasteiger partial charge in [0.15, 0.2) is 6.33 Å². The highest BCUT2D eigenvalue weighted by atomic mass is 16.5. The monoisotopic (exact) mass is 155 g/mol. The second-order valence-electron chi connectivity index (χ2n) is 2.53. The third-order valence-corrected chi connectivity index (χ3v) is 1.62. The highest BCUT2D eigenvalue weighted by molar-refractivity contribution is 4.73. The Balaban J connectivity index is 2.23. The summed E-state index contributed by atoms with van der Waals surface area (Å²) >= 11 is 0. The van der Waals surface area contributed by atoms with Crippen LogP contribution >= 0.6 is 0 Å². The van der Waals surface area contributed by atoms with Gasteiger partial charge in [-0.1, -0.05) is 12.1 Å². The third-order valence-electron chi connectivity index (χ3n) is 1.62. The lowest BCUT2D eigenvalue weighted by atomic mass is 10.3. The van der Waals surface area contributed by atoms with Crippen LogP contribution in [0.25, 0.3) is 0 Å². The molecule has 0 radical (unpaired) electrons. The lowest BCUT2D eigenvalue weighted by molar-refractivity contribution is 0.357. The molecule has 1 atom stereocenters. The van der Waals surface area contributed by atoms with Crippen LogP contribution in [0.15, 0.2) is 10.9 Å². The van der Waals surface area contributed by atoms with Gasteiger partial charge in [-0.2, -0.15) is 4.98 Å². The third kappa shape index (κ3) is 2.67. The number of aromatic nitrogens is 2. The van der Waals surface area contributed by atoms with E-state index in [2.05, 4.69) is 29.3 Å². The molecule has 0 bridgehead atoms. The zero-order valence-corrected chi connectivity index (χ0v) is 6.87. The summed E-state index contributed by atoms with van der Waals surface area (Å²) in [6.07, 6.45) is 2.52. The summed E-state index contributed by atoms with van der Waals surface area (Å²) in [6, 6.07) is 0.502. The first-order valence-electron chi connectivity index (χ1n) is 3.82. The summed E-state index contributed by atoms with van der Waals surface area (Å²) in [5.41, 5.74) is 0. The van der Waals surface area contributed by atoms with Gasteiger partial charge in [0, 0.05) is 6.04 Å². The van der Waals surface area contributed by atoms with Gasteiger partial charge in [0.2, 0.25) is 5.89 Å². The SMILES string of the molecule is CCC(C)NCc1ncno1. The van der Waals surface area contributed by atoms with Crippen molar-refractivity contribution in [2.24, 2.45) is 0 Å². The average Bonchev–Trinajstić information content (AvgIpc) is 2.52. The Hall–Kier alpha value is -0.900. The van der Waals surface area contributed by atoms with Gasteiger partial charge in [-0.3, -0.25) is 0 Å². The molecular weight excluding hydrogens is 142 g/mol. The first kappa shape index (κ1) is 8.20. The molecule has 0 fully saturated rings. The van der Waals surface area contributed by atoms with Gasteiger partial charge in [-0.25, -0.2) is 0 Å². The van der Waals surface area contributed by atoms with Crippen molar-refractivity contribution in [3.8, 4) is 0 Å². The van der Waals surface area contributed by atoms with E-state index in [1.165, 1.54) is 6.33 Å². The standard InChI is InChI=1S/C7H13N3O/c1-3-6(2)8-4-7-9-5-10-11-7/h5-6,8H,3-4H2,1-2H3. The molecule has 1 rings (SSSR count). The first-order valence-corrected chi connectivity index (χ1v) is 3.82. The minimum absolute atomic E-state index is 0.502. The second kappa shape index (κ2) is 4.08. The number of nitrogens with zero attached hydrogens (tertiary/aromatic N) is 2. The van der Waals surface area contributed by atoms with E-state index in [1.807, 2.05) is 0 Å². The topological polar surface area (TPSA) is 51.0 Å². The van der Waals surface area contributed by atoms with Gasteiger partial charge in [-0.15, -0.1) is 0 Å². The van der Waals surface area contributed by atoms with Crippen LogP contribution in [0, 0.1) is 0 Å². The maximum atomic E-state index is 4.80. The Bertz CT molecular complexity index is 186. The minimum atomic E-state index is 0.502. The molecule has 0 aliphatic heterocycles. The number of hydrogen-bond acceptors (Lipinski definition) is 4. The van der Waals surface area contributed by atoms with E-state index in [9.17, 15) is 0 Å². The zero-order valence-electron chi connectivity index (χ0n) is 6.87. The van der Waals surface area contributed by atoms with Crippen molar-refractivity contribution in [1.29, 1.82) is 0 Å². The predicted molar refractivity (Wildman–Crippen MR) is 40.9 cm³/mol. The molecule has 0 saturated heterocycles. The Morgan fingerprint density at radius 2 is 2.55 bits per heavy atom. The highest BCUT2D eigenvalue weighted by Gasteiger charge is 2.00. The summed E-state index contributed by atoms with van der Waals surface area (Å²) < 4.78 is 4.80. The van der Waals surface area contributed by atoms with Crippen LogP contribution in [0.1, 0.15) is 26.2 Å². The van der Waals surface area contributed by atoms with Crippen molar-refractivity contribution in [2.45, 2.75) is 32.9 Å². The van der Waals surface area contributed by atoms with Gasteiger partial charge < -0.3 is 9.84 Å². The maximum Gasteiger partial charge on any atom is 0.240 e. The Morgan fingerprint density at radius 1 is 1.73 bits per heavy atom. The van der Waals surface area contributed by atoms with E-state index in [0.29, 0.717) is 18.5 Å². The summed E-state index contributed by atoms with van der Waals surface area (Å²) in [5, 5.41) is 6.74. The van der Waals surface area contributed by atoms with Crippen LogP contribution in [-0.2, 0) is 6.54 Å². The molecule has 1 aromatic heterocycles. The molecule has 0 amide bonds. The molecular formula is C7H13N3O. The highest BCUT2D eigenvalue weighted by Crippen LogP contribution is 1.93. The Morgan fingerprint density at radius 3 is 3.09 bits per heavy atom. The quantitative estimate of drug-likeness (QED) is 0.703.